The number of hydrogen-bond donors (Lipinski definition) is 4. The topological polar surface area (TPSA) is 125 Å². The molecule has 1 aliphatic rings. The summed E-state index contributed by atoms with van der Waals surface area (Å²) in [5.74, 6) is 0. The van der Waals surface area contributed by atoms with Crippen LogP contribution in [0.25, 0.3) is 0 Å². The summed E-state index contributed by atoms with van der Waals surface area (Å²) in [7, 11) is -4.64. The molecule has 5 N–H and O–H groups in total. The minimum atomic E-state index is -4.64. The number of amidine groups is 1. The van der Waals surface area contributed by atoms with Crippen molar-refractivity contribution in [3.8, 4) is 0 Å². The van der Waals surface area contributed by atoms with Crippen molar-refractivity contribution in [1.82, 2.24) is 0 Å². The number of ether oxygens (including phenoxy) is 1. The van der Waals surface area contributed by atoms with Gasteiger partial charge >= 0.3 is 7.82 Å². The van der Waals surface area contributed by atoms with Gasteiger partial charge < -0.3 is 25.2 Å². The molecule has 0 aliphatic carbocycles. The molecule has 1 rings (SSSR count). The molecule has 0 aromatic carbocycles. The quantitative estimate of drug-likeness (QED) is 0.336. The lowest BCUT2D eigenvalue weighted by Crippen LogP contribution is -2.10. The van der Waals surface area contributed by atoms with Gasteiger partial charge in [0.25, 0.3) is 6.02 Å². The summed E-state index contributed by atoms with van der Waals surface area (Å²) >= 11 is 0. The summed E-state index contributed by atoms with van der Waals surface area (Å²) in [5, 5.41) is 0. The van der Waals surface area contributed by atoms with Crippen LogP contribution < -0.4 is 5.73 Å². The van der Waals surface area contributed by atoms with Gasteiger partial charge in [0.15, 0.2) is 0 Å². The van der Waals surface area contributed by atoms with E-state index in [4.69, 9.17) is 25.0 Å². The summed E-state index contributed by atoms with van der Waals surface area (Å²) in [6, 6.07) is 0.329. The molecule has 0 spiro atoms. The highest BCUT2D eigenvalue weighted by Crippen LogP contribution is 2.25. The summed E-state index contributed by atoms with van der Waals surface area (Å²) in [4.78, 5) is 25.3. The van der Waals surface area contributed by atoms with E-state index in [0.29, 0.717) is 12.6 Å². The highest BCUT2D eigenvalue weighted by Gasteiger charge is 2.00. The monoisotopic (exact) mass is 184 g/mol. The van der Waals surface area contributed by atoms with Crippen molar-refractivity contribution < 1.29 is 24.0 Å². The molecule has 0 bridgehead atoms. The minimum Gasteiger partial charge on any atom is -0.463 e. The second-order valence-corrected chi connectivity index (χ2v) is 2.61. The maximum atomic E-state index is 8.88. The molecule has 8 heteroatoms. The first kappa shape index (κ1) is 10.4. The maximum Gasteiger partial charge on any atom is 0.466 e. The fourth-order valence-corrected chi connectivity index (χ4v) is 0.352. The van der Waals surface area contributed by atoms with Crippen LogP contribution in [0.15, 0.2) is 4.99 Å². The van der Waals surface area contributed by atoms with Crippen molar-refractivity contribution in [1.29, 1.82) is 0 Å². The molecule has 1 heterocycles. The molecule has 66 valence electrons. The van der Waals surface area contributed by atoms with Crippen molar-refractivity contribution in [2.45, 2.75) is 0 Å². The summed E-state index contributed by atoms with van der Waals surface area (Å²) < 4.78 is 13.6. The van der Waals surface area contributed by atoms with Gasteiger partial charge in [-0.25, -0.2) is 9.56 Å². The Hall–Kier alpha value is -0.620. The summed E-state index contributed by atoms with van der Waals surface area (Å²) in [6.07, 6.45) is 0. The Labute approximate surface area is 62.8 Å². The van der Waals surface area contributed by atoms with Gasteiger partial charge in [0.05, 0.1) is 6.54 Å². The SMILES string of the molecule is NC1=NCCO1.O=P(O)(O)O. The van der Waals surface area contributed by atoms with Gasteiger partial charge in [-0.2, -0.15) is 0 Å². The average Bonchev–Trinajstić information content (AvgIpc) is 2.12. The minimum absolute atomic E-state index is 0.329. The largest absolute Gasteiger partial charge is 0.466 e. The molecule has 0 unspecified atom stereocenters. The number of nitrogens with two attached hydrogens (primary N) is 1. The van der Waals surface area contributed by atoms with Gasteiger partial charge in [0, 0.05) is 0 Å². The van der Waals surface area contributed by atoms with Gasteiger partial charge in [-0.15, -0.1) is 0 Å². The predicted octanol–water partition coefficient (Wildman–Crippen LogP) is -1.60. The Bertz CT molecular complexity index is 178. The van der Waals surface area contributed by atoms with E-state index >= 15 is 0 Å². The van der Waals surface area contributed by atoms with Gasteiger partial charge in [0.1, 0.15) is 6.61 Å². The van der Waals surface area contributed by atoms with E-state index in [-0.39, 0.29) is 0 Å². The Balaban J connectivity index is 0.000000187. The second kappa shape index (κ2) is 4.30. The smallest absolute Gasteiger partial charge is 0.463 e. The van der Waals surface area contributed by atoms with Gasteiger partial charge in [-0.05, 0) is 0 Å². The highest BCUT2D eigenvalue weighted by atomic mass is 31.2. The third kappa shape index (κ3) is 12.6. The van der Waals surface area contributed by atoms with E-state index < -0.39 is 7.82 Å². The van der Waals surface area contributed by atoms with E-state index in [0.717, 1.165) is 6.54 Å². The molecule has 0 fully saturated rings. The zero-order valence-corrected chi connectivity index (χ0v) is 6.44. The number of hydrogen-bond acceptors (Lipinski definition) is 4. The Morgan fingerprint density at radius 1 is 1.55 bits per heavy atom. The van der Waals surface area contributed by atoms with Crippen molar-refractivity contribution >= 4 is 13.8 Å². The van der Waals surface area contributed by atoms with Crippen molar-refractivity contribution in [3.63, 3.8) is 0 Å². The van der Waals surface area contributed by atoms with Gasteiger partial charge in [0.2, 0.25) is 0 Å². The molecular formula is C3H9N2O5P. The zero-order chi connectivity index (χ0) is 8.91. The Kier molecular flexibility index (Phi) is 4.06. The third-order valence-corrected chi connectivity index (χ3v) is 0.609. The number of rotatable bonds is 0. The van der Waals surface area contributed by atoms with Crippen LogP contribution in [0.4, 0.5) is 0 Å². The predicted molar refractivity (Wildman–Crippen MR) is 36.7 cm³/mol. The lowest BCUT2D eigenvalue weighted by Gasteiger charge is -1.86. The van der Waals surface area contributed by atoms with Crippen molar-refractivity contribution in [3.05, 3.63) is 0 Å². The molecule has 0 radical (unpaired) electrons. The fraction of sp³-hybridized carbons (Fsp3) is 0.667. The van der Waals surface area contributed by atoms with Crippen LogP contribution in [0.1, 0.15) is 0 Å². The van der Waals surface area contributed by atoms with Crippen LogP contribution in [0.3, 0.4) is 0 Å². The third-order valence-electron chi connectivity index (χ3n) is 0.609. The number of aliphatic imine (C=N–C) groups is 1. The normalized spacial score (nSPS) is 16.1. The second-order valence-electron chi connectivity index (χ2n) is 1.58. The van der Waals surface area contributed by atoms with E-state index in [1.807, 2.05) is 0 Å². The first-order valence-corrected chi connectivity index (χ1v) is 4.17. The average molecular weight is 184 g/mol. The van der Waals surface area contributed by atoms with Crippen LogP contribution in [0.2, 0.25) is 0 Å². The van der Waals surface area contributed by atoms with E-state index in [9.17, 15) is 0 Å². The summed E-state index contributed by atoms with van der Waals surface area (Å²) in [6.45, 7) is 1.39. The van der Waals surface area contributed by atoms with E-state index in [1.165, 1.54) is 0 Å². The van der Waals surface area contributed by atoms with Crippen LogP contribution in [0, 0.1) is 0 Å². The molecule has 11 heavy (non-hydrogen) atoms. The van der Waals surface area contributed by atoms with Crippen LogP contribution in [0.5, 0.6) is 0 Å². The molecule has 0 aromatic rings. The lowest BCUT2D eigenvalue weighted by molar-refractivity contribution is 0.275. The van der Waals surface area contributed by atoms with Crippen LogP contribution in [-0.2, 0) is 9.30 Å². The van der Waals surface area contributed by atoms with Crippen molar-refractivity contribution in [2.75, 3.05) is 13.2 Å². The number of phosphoric acid groups is 1. The molecule has 1 aliphatic heterocycles. The fourth-order valence-electron chi connectivity index (χ4n) is 0.352. The first-order valence-electron chi connectivity index (χ1n) is 2.60. The Morgan fingerprint density at radius 3 is 2.09 bits per heavy atom. The molecule has 7 nitrogen and oxygen atoms in total. The highest BCUT2D eigenvalue weighted by molar-refractivity contribution is 7.45. The molecule has 0 aromatic heterocycles. The van der Waals surface area contributed by atoms with Crippen LogP contribution in [-0.4, -0.2) is 33.9 Å². The first-order chi connectivity index (χ1) is 4.89. The zero-order valence-electron chi connectivity index (χ0n) is 5.54. The molecule has 0 saturated heterocycles. The van der Waals surface area contributed by atoms with Crippen LogP contribution >= 0.6 is 7.82 Å². The molecular weight excluding hydrogens is 175 g/mol. The Morgan fingerprint density at radius 2 is 2.00 bits per heavy atom. The lowest BCUT2D eigenvalue weighted by atomic mass is 10.8. The molecule has 0 saturated carbocycles. The summed E-state index contributed by atoms with van der Waals surface area (Å²) in [5.41, 5.74) is 5.06. The van der Waals surface area contributed by atoms with E-state index in [1.54, 1.807) is 0 Å². The van der Waals surface area contributed by atoms with Gasteiger partial charge in [-0.1, -0.05) is 0 Å². The van der Waals surface area contributed by atoms with Gasteiger partial charge in [-0.3, -0.25) is 0 Å². The van der Waals surface area contributed by atoms with E-state index in [2.05, 4.69) is 9.73 Å². The number of nitrogens with zero attached hydrogens (tertiary/aromatic N) is 1. The standard InChI is InChI=1S/C3H6N2O.H3O4P/c4-3-5-1-2-6-3;1-5(2,3)4/h1-2H2,(H2,4,5);(H3,1,2,3,4). The maximum absolute atomic E-state index is 8.88. The van der Waals surface area contributed by atoms with Crippen molar-refractivity contribution in [2.24, 2.45) is 10.7 Å². The molecule has 0 atom stereocenters. The molecule has 0 amide bonds.